The molecule has 0 saturated carbocycles. The van der Waals surface area contributed by atoms with Gasteiger partial charge in [-0.05, 0) is 25.5 Å². The highest BCUT2D eigenvalue weighted by atomic mass is 16.3. The zero-order valence-electron chi connectivity index (χ0n) is 9.82. The summed E-state index contributed by atoms with van der Waals surface area (Å²) in [4.78, 5) is 11.3. The van der Waals surface area contributed by atoms with Gasteiger partial charge in [-0.2, -0.15) is 5.10 Å². The number of carbonyl (C=O) groups is 1. The minimum Gasteiger partial charge on any atom is -0.460 e. The van der Waals surface area contributed by atoms with Gasteiger partial charge in [-0.3, -0.25) is 4.79 Å². The maximum absolute atomic E-state index is 11.3. The SMILES string of the molecule is CCCCCC(=O)N/N=C/c1ccc(C)o1. The highest BCUT2D eigenvalue weighted by molar-refractivity contribution is 5.80. The first-order valence-electron chi connectivity index (χ1n) is 5.60. The fourth-order valence-corrected chi connectivity index (χ4v) is 1.28. The molecule has 0 aliphatic heterocycles. The number of carbonyl (C=O) groups excluding carboxylic acids is 1. The lowest BCUT2D eigenvalue weighted by Gasteiger charge is -1.97. The number of nitrogens with zero attached hydrogens (tertiary/aromatic N) is 1. The molecule has 0 aliphatic rings. The van der Waals surface area contributed by atoms with E-state index in [1.165, 1.54) is 6.21 Å². The first-order chi connectivity index (χ1) is 7.72. The van der Waals surface area contributed by atoms with E-state index in [9.17, 15) is 4.79 Å². The Bertz CT molecular complexity index is 356. The molecule has 88 valence electrons. The van der Waals surface area contributed by atoms with Crippen molar-refractivity contribution in [3.63, 3.8) is 0 Å². The lowest BCUT2D eigenvalue weighted by Crippen LogP contribution is -2.16. The molecule has 1 heterocycles. The average molecular weight is 222 g/mol. The molecule has 0 saturated heterocycles. The largest absolute Gasteiger partial charge is 0.460 e. The Morgan fingerprint density at radius 1 is 1.50 bits per heavy atom. The second kappa shape index (κ2) is 6.82. The first kappa shape index (κ1) is 12.5. The molecule has 1 aromatic heterocycles. The molecule has 4 nitrogen and oxygen atoms in total. The van der Waals surface area contributed by atoms with Crippen molar-refractivity contribution in [2.24, 2.45) is 5.10 Å². The van der Waals surface area contributed by atoms with Gasteiger partial charge in [0.05, 0.1) is 6.21 Å². The third-order valence-electron chi connectivity index (χ3n) is 2.15. The van der Waals surface area contributed by atoms with Crippen molar-refractivity contribution in [3.8, 4) is 0 Å². The molecule has 1 amide bonds. The summed E-state index contributed by atoms with van der Waals surface area (Å²) in [6.45, 7) is 3.97. The van der Waals surface area contributed by atoms with Gasteiger partial charge < -0.3 is 4.42 Å². The molecule has 16 heavy (non-hydrogen) atoms. The highest BCUT2D eigenvalue weighted by Crippen LogP contribution is 2.02. The van der Waals surface area contributed by atoms with Gasteiger partial charge in [0.1, 0.15) is 11.5 Å². The van der Waals surface area contributed by atoms with Gasteiger partial charge in [0.2, 0.25) is 5.91 Å². The topological polar surface area (TPSA) is 54.6 Å². The number of amides is 1. The summed E-state index contributed by atoms with van der Waals surface area (Å²) in [7, 11) is 0. The molecular formula is C12H18N2O2. The Morgan fingerprint density at radius 3 is 2.94 bits per heavy atom. The first-order valence-corrected chi connectivity index (χ1v) is 5.60. The molecule has 4 heteroatoms. The number of furan rings is 1. The van der Waals surface area contributed by atoms with Crippen LogP contribution >= 0.6 is 0 Å². The highest BCUT2D eigenvalue weighted by Gasteiger charge is 1.98. The molecular weight excluding hydrogens is 204 g/mol. The maximum Gasteiger partial charge on any atom is 0.240 e. The van der Waals surface area contributed by atoms with Crippen molar-refractivity contribution in [2.45, 2.75) is 39.5 Å². The van der Waals surface area contributed by atoms with Crippen LogP contribution in [0.3, 0.4) is 0 Å². The van der Waals surface area contributed by atoms with Crippen LogP contribution in [0.25, 0.3) is 0 Å². The van der Waals surface area contributed by atoms with E-state index in [1.807, 2.05) is 19.1 Å². The Labute approximate surface area is 95.7 Å². The predicted molar refractivity (Wildman–Crippen MR) is 63.3 cm³/mol. The van der Waals surface area contributed by atoms with Crippen LogP contribution in [0.5, 0.6) is 0 Å². The summed E-state index contributed by atoms with van der Waals surface area (Å²) in [5, 5.41) is 3.82. The van der Waals surface area contributed by atoms with Gasteiger partial charge in [0.25, 0.3) is 0 Å². The lowest BCUT2D eigenvalue weighted by atomic mass is 10.2. The van der Waals surface area contributed by atoms with Gasteiger partial charge in [0, 0.05) is 6.42 Å². The molecule has 0 spiro atoms. The van der Waals surface area contributed by atoms with Crippen molar-refractivity contribution in [2.75, 3.05) is 0 Å². The number of aryl methyl sites for hydroxylation is 1. The fourth-order valence-electron chi connectivity index (χ4n) is 1.28. The normalized spacial score (nSPS) is 10.9. The van der Waals surface area contributed by atoms with Crippen LogP contribution < -0.4 is 5.43 Å². The summed E-state index contributed by atoms with van der Waals surface area (Å²) < 4.78 is 5.26. The molecule has 1 rings (SSSR count). The zero-order valence-corrected chi connectivity index (χ0v) is 9.82. The van der Waals surface area contributed by atoms with Crippen LogP contribution in [0.1, 0.15) is 44.1 Å². The van der Waals surface area contributed by atoms with Crippen LogP contribution in [0, 0.1) is 6.92 Å². The van der Waals surface area contributed by atoms with Crippen molar-refractivity contribution >= 4 is 12.1 Å². The average Bonchev–Trinajstić information content (AvgIpc) is 2.65. The van der Waals surface area contributed by atoms with Crippen LogP contribution in [-0.2, 0) is 4.79 Å². The summed E-state index contributed by atoms with van der Waals surface area (Å²) in [5.74, 6) is 1.43. The molecule has 1 aromatic rings. The monoisotopic (exact) mass is 222 g/mol. The second-order valence-corrected chi connectivity index (χ2v) is 3.70. The molecule has 0 radical (unpaired) electrons. The molecule has 0 aromatic carbocycles. The van der Waals surface area contributed by atoms with Crippen LogP contribution in [-0.4, -0.2) is 12.1 Å². The van der Waals surface area contributed by atoms with Gasteiger partial charge in [-0.1, -0.05) is 19.8 Å². The molecule has 0 unspecified atom stereocenters. The minimum atomic E-state index is -0.0482. The van der Waals surface area contributed by atoms with E-state index in [1.54, 1.807) is 0 Å². The van der Waals surface area contributed by atoms with Crippen molar-refractivity contribution in [1.29, 1.82) is 0 Å². The van der Waals surface area contributed by atoms with E-state index in [0.717, 1.165) is 25.0 Å². The maximum atomic E-state index is 11.3. The van der Waals surface area contributed by atoms with Crippen molar-refractivity contribution < 1.29 is 9.21 Å². The predicted octanol–water partition coefficient (Wildman–Crippen LogP) is 2.62. The number of unbranched alkanes of at least 4 members (excludes halogenated alkanes) is 2. The van der Waals surface area contributed by atoms with E-state index in [4.69, 9.17) is 4.42 Å². The molecule has 0 bridgehead atoms. The van der Waals surface area contributed by atoms with E-state index in [0.29, 0.717) is 12.2 Å². The standard InChI is InChI=1S/C12H18N2O2/c1-3-4-5-6-12(15)14-13-9-11-8-7-10(2)16-11/h7-9H,3-6H2,1-2H3,(H,14,15)/b13-9+. The Balaban J connectivity index is 2.23. The summed E-state index contributed by atoms with van der Waals surface area (Å²) in [6, 6.07) is 3.66. The summed E-state index contributed by atoms with van der Waals surface area (Å²) >= 11 is 0. The molecule has 1 N–H and O–H groups in total. The van der Waals surface area contributed by atoms with Gasteiger partial charge >= 0.3 is 0 Å². The van der Waals surface area contributed by atoms with E-state index in [2.05, 4.69) is 17.5 Å². The van der Waals surface area contributed by atoms with E-state index < -0.39 is 0 Å². The molecule has 0 fully saturated rings. The summed E-state index contributed by atoms with van der Waals surface area (Å²) in [6.07, 6.45) is 5.14. The van der Waals surface area contributed by atoms with Gasteiger partial charge in [0.15, 0.2) is 0 Å². The number of hydrazone groups is 1. The molecule has 0 atom stereocenters. The number of rotatable bonds is 6. The second-order valence-electron chi connectivity index (χ2n) is 3.70. The number of hydrogen-bond acceptors (Lipinski definition) is 3. The summed E-state index contributed by atoms with van der Waals surface area (Å²) in [5.41, 5.74) is 2.47. The van der Waals surface area contributed by atoms with Crippen LogP contribution in [0.2, 0.25) is 0 Å². The van der Waals surface area contributed by atoms with Crippen LogP contribution in [0.4, 0.5) is 0 Å². The lowest BCUT2D eigenvalue weighted by molar-refractivity contribution is -0.121. The van der Waals surface area contributed by atoms with Crippen molar-refractivity contribution in [1.82, 2.24) is 5.43 Å². The Kier molecular flexibility index (Phi) is 5.32. The minimum absolute atomic E-state index is 0.0482. The Morgan fingerprint density at radius 2 is 2.31 bits per heavy atom. The number of hydrogen-bond donors (Lipinski definition) is 1. The molecule has 0 aliphatic carbocycles. The Hall–Kier alpha value is -1.58. The van der Waals surface area contributed by atoms with Crippen LogP contribution in [0.15, 0.2) is 21.7 Å². The van der Waals surface area contributed by atoms with Gasteiger partial charge in [-0.15, -0.1) is 0 Å². The fraction of sp³-hybridized carbons (Fsp3) is 0.500. The van der Waals surface area contributed by atoms with E-state index in [-0.39, 0.29) is 5.91 Å². The van der Waals surface area contributed by atoms with E-state index >= 15 is 0 Å². The van der Waals surface area contributed by atoms with Crippen molar-refractivity contribution in [3.05, 3.63) is 23.7 Å². The third-order valence-corrected chi connectivity index (χ3v) is 2.15. The zero-order chi connectivity index (χ0) is 11.8. The quantitative estimate of drug-likeness (QED) is 0.457. The third kappa shape index (κ3) is 4.77. The van der Waals surface area contributed by atoms with Gasteiger partial charge in [-0.25, -0.2) is 5.43 Å². The smallest absolute Gasteiger partial charge is 0.240 e. The number of nitrogens with one attached hydrogen (secondary N) is 1.